The number of hydrogen-bond donors (Lipinski definition) is 1. The van der Waals surface area contributed by atoms with Gasteiger partial charge in [-0.25, -0.2) is 0 Å². The van der Waals surface area contributed by atoms with Gasteiger partial charge in [0.2, 0.25) is 10.3 Å². The largest absolute Gasteiger partial charge is 0.464 e. The third kappa shape index (κ3) is 2.29. The van der Waals surface area contributed by atoms with Crippen molar-refractivity contribution < 1.29 is 4.74 Å². The van der Waals surface area contributed by atoms with E-state index in [1.165, 1.54) is 22.7 Å². The van der Waals surface area contributed by atoms with E-state index in [9.17, 15) is 0 Å². The van der Waals surface area contributed by atoms with Crippen molar-refractivity contribution in [1.82, 2.24) is 20.4 Å². The van der Waals surface area contributed by atoms with Crippen LogP contribution < -0.4 is 15.4 Å². The fourth-order valence-electron chi connectivity index (χ4n) is 1.71. The highest BCUT2D eigenvalue weighted by atomic mass is 32.1. The first kappa shape index (κ1) is 10.7. The van der Waals surface area contributed by atoms with Crippen molar-refractivity contribution in [2.45, 2.75) is 12.5 Å². The Morgan fingerprint density at radius 1 is 1.41 bits per heavy atom. The topological polar surface area (TPSA) is 90.0 Å². The van der Waals surface area contributed by atoms with Crippen LogP contribution in [-0.4, -0.2) is 39.6 Å². The average molecular weight is 270 g/mol. The van der Waals surface area contributed by atoms with Crippen LogP contribution in [0.25, 0.3) is 0 Å². The molecule has 7 nitrogen and oxygen atoms in total. The minimum Gasteiger partial charge on any atom is -0.464 e. The van der Waals surface area contributed by atoms with Crippen molar-refractivity contribution in [2.75, 3.05) is 23.7 Å². The summed E-state index contributed by atoms with van der Waals surface area (Å²) in [5.41, 5.74) is 7.22. The van der Waals surface area contributed by atoms with Crippen LogP contribution >= 0.6 is 22.7 Å². The molecule has 1 fully saturated rings. The number of anilines is 2. The number of nitrogen functional groups attached to an aromatic ring is 1. The molecular formula is C8H10N6OS2. The molecule has 0 amide bonds. The second kappa shape index (κ2) is 4.41. The molecule has 0 aromatic carbocycles. The quantitative estimate of drug-likeness (QED) is 0.874. The minimum absolute atomic E-state index is 0.132. The summed E-state index contributed by atoms with van der Waals surface area (Å²) >= 11 is 2.80. The summed E-state index contributed by atoms with van der Waals surface area (Å²) in [7, 11) is 0. The molecule has 2 N–H and O–H groups in total. The van der Waals surface area contributed by atoms with E-state index in [2.05, 4.69) is 25.3 Å². The molecular weight excluding hydrogens is 260 g/mol. The SMILES string of the molecule is Nc1nnc(N2CC[C@H](Oc3nncs3)C2)s1. The third-order valence-corrected chi connectivity index (χ3v) is 3.85. The Morgan fingerprint density at radius 3 is 3.06 bits per heavy atom. The second-order valence-corrected chi connectivity index (χ2v) is 5.39. The van der Waals surface area contributed by atoms with Gasteiger partial charge in [0, 0.05) is 13.0 Å². The van der Waals surface area contributed by atoms with Gasteiger partial charge < -0.3 is 15.4 Å². The van der Waals surface area contributed by atoms with Crippen LogP contribution in [0.2, 0.25) is 0 Å². The summed E-state index contributed by atoms with van der Waals surface area (Å²) in [4.78, 5) is 2.12. The van der Waals surface area contributed by atoms with E-state index >= 15 is 0 Å². The van der Waals surface area contributed by atoms with Gasteiger partial charge in [0.25, 0.3) is 5.19 Å². The Morgan fingerprint density at radius 2 is 2.35 bits per heavy atom. The molecule has 2 aromatic heterocycles. The van der Waals surface area contributed by atoms with Crippen molar-refractivity contribution in [3.8, 4) is 5.19 Å². The molecule has 3 heterocycles. The van der Waals surface area contributed by atoms with E-state index in [4.69, 9.17) is 10.5 Å². The minimum atomic E-state index is 0.132. The second-order valence-electron chi connectivity index (χ2n) is 3.60. The van der Waals surface area contributed by atoms with Gasteiger partial charge in [0.15, 0.2) is 0 Å². The molecule has 90 valence electrons. The van der Waals surface area contributed by atoms with Gasteiger partial charge in [-0.3, -0.25) is 0 Å². The predicted octanol–water partition coefficient (Wildman–Crippen LogP) is 0.629. The summed E-state index contributed by atoms with van der Waals surface area (Å²) in [6.45, 7) is 1.69. The number of aromatic nitrogens is 4. The summed E-state index contributed by atoms with van der Waals surface area (Å²) in [6.07, 6.45) is 1.08. The van der Waals surface area contributed by atoms with E-state index in [0.717, 1.165) is 24.6 Å². The smallest absolute Gasteiger partial charge is 0.294 e. The fourth-order valence-corrected chi connectivity index (χ4v) is 2.82. The molecule has 0 aliphatic carbocycles. The molecule has 1 aliphatic heterocycles. The number of hydrogen-bond acceptors (Lipinski definition) is 9. The van der Waals surface area contributed by atoms with Gasteiger partial charge in [-0.2, -0.15) is 0 Å². The molecule has 0 radical (unpaired) electrons. The highest BCUT2D eigenvalue weighted by molar-refractivity contribution is 7.18. The maximum Gasteiger partial charge on any atom is 0.294 e. The van der Waals surface area contributed by atoms with Gasteiger partial charge >= 0.3 is 0 Å². The average Bonchev–Trinajstić information content (AvgIpc) is 2.99. The molecule has 0 bridgehead atoms. The Labute approximate surface area is 105 Å². The zero-order valence-electron chi connectivity index (χ0n) is 8.81. The first-order valence-electron chi connectivity index (χ1n) is 5.08. The van der Waals surface area contributed by atoms with Crippen LogP contribution in [-0.2, 0) is 0 Å². The van der Waals surface area contributed by atoms with Crippen LogP contribution in [0.5, 0.6) is 5.19 Å². The van der Waals surface area contributed by atoms with Gasteiger partial charge in [0.05, 0.1) is 6.54 Å². The third-order valence-electron chi connectivity index (χ3n) is 2.45. The Balaban J connectivity index is 1.62. The maximum absolute atomic E-state index is 5.70. The van der Waals surface area contributed by atoms with Crippen molar-refractivity contribution in [3.05, 3.63) is 5.51 Å². The standard InChI is InChI=1S/C8H10N6OS2/c9-6-11-12-7(17-6)14-2-1-5(3-14)15-8-13-10-4-16-8/h4-5H,1-3H2,(H2,9,11)/t5-/m0/s1. The number of nitrogens with two attached hydrogens (primary N) is 1. The Bertz CT molecular complexity index is 486. The van der Waals surface area contributed by atoms with Gasteiger partial charge in [0.1, 0.15) is 11.6 Å². The van der Waals surface area contributed by atoms with Crippen LogP contribution in [0.15, 0.2) is 5.51 Å². The summed E-state index contributed by atoms with van der Waals surface area (Å²) in [5, 5.41) is 17.4. The number of rotatable bonds is 3. The van der Waals surface area contributed by atoms with Gasteiger partial charge in [-0.05, 0) is 0 Å². The lowest BCUT2D eigenvalue weighted by Gasteiger charge is -2.13. The molecule has 1 saturated heterocycles. The van der Waals surface area contributed by atoms with Crippen molar-refractivity contribution in [1.29, 1.82) is 0 Å². The number of ether oxygens (including phenoxy) is 1. The molecule has 0 saturated carbocycles. The lowest BCUT2D eigenvalue weighted by atomic mass is 10.3. The normalized spacial score (nSPS) is 19.8. The molecule has 0 spiro atoms. The van der Waals surface area contributed by atoms with Crippen molar-refractivity contribution in [3.63, 3.8) is 0 Å². The monoisotopic (exact) mass is 270 g/mol. The van der Waals surface area contributed by atoms with Crippen molar-refractivity contribution in [2.24, 2.45) is 0 Å². The summed E-state index contributed by atoms with van der Waals surface area (Å²) in [5.74, 6) is 0. The first-order chi connectivity index (χ1) is 8.31. The van der Waals surface area contributed by atoms with E-state index < -0.39 is 0 Å². The van der Waals surface area contributed by atoms with Gasteiger partial charge in [-0.15, -0.1) is 20.4 Å². The molecule has 0 unspecified atom stereocenters. The zero-order valence-corrected chi connectivity index (χ0v) is 10.4. The Kier molecular flexibility index (Phi) is 2.77. The van der Waals surface area contributed by atoms with E-state index in [1.807, 2.05) is 0 Å². The van der Waals surface area contributed by atoms with E-state index in [-0.39, 0.29) is 6.10 Å². The summed E-state index contributed by atoms with van der Waals surface area (Å²) < 4.78 is 5.70. The Hall–Kier alpha value is -1.48. The molecule has 9 heteroatoms. The van der Waals surface area contributed by atoms with E-state index in [0.29, 0.717) is 10.3 Å². The predicted molar refractivity (Wildman–Crippen MR) is 65.5 cm³/mol. The van der Waals surface area contributed by atoms with Crippen LogP contribution in [0.4, 0.5) is 10.3 Å². The van der Waals surface area contributed by atoms with Crippen LogP contribution in [0.3, 0.4) is 0 Å². The summed E-state index contributed by atoms with van der Waals surface area (Å²) in [6, 6.07) is 0. The number of nitrogens with zero attached hydrogens (tertiary/aromatic N) is 5. The van der Waals surface area contributed by atoms with Gasteiger partial charge in [-0.1, -0.05) is 22.7 Å². The maximum atomic E-state index is 5.70. The molecule has 1 aliphatic rings. The van der Waals surface area contributed by atoms with Crippen molar-refractivity contribution >= 4 is 32.9 Å². The van der Waals surface area contributed by atoms with Crippen LogP contribution in [0.1, 0.15) is 6.42 Å². The van der Waals surface area contributed by atoms with E-state index in [1.54, 1.807) is 5.51 Å². The molecule has 2 aromatic rings. The molecule has 3 rings (SSSR count). The lowest BCUT2D eigenvalue weighted by Crippen LogP contribution is -2.24. The highest BCUT2D eigenvalue weighted by Crippen LogP contribution is 2.27. The highest BCUT2D eigenvalue weighted by Gasteiger charge is 2.27. The molecule has 1 atom stereocenters. The van der Waals surface area contributed by atoms with Crippen LogP contribution in [0, 0.1) is 0 Å². The first-order valence-corrected chi connectivity index (χ1v) is 6.77. The zero-order chi connectivity index (χ0) is 11.7. The molecule has 17 heavy (non-hydrogen) atoms. The fraction of sp³-hybridized carbons (Fsp3) is 0.500. The lowest BCUT2D eigenvalue weighted by molar-refractivity contribution is 0.222.